The number of carbonyl (C=O) groups is 2. The molecule has 7 nitrogen and oxygen atoms in total. The predicted octanol–water partition coefficient (Wildman–Crippen LogP) is 3.53. The van der Waals surface area contributed by atoms with Crippen molar-refractivity contribution in [2.45, 2.75) is 58.7 Å². The van der Waals surface area contributed by atoms with Gasteiger partial charge in [-0.2, -0.15) is 0 Å². The zero-order chi connectivity index (χ0) is 23.8. The van der Waals surface area contributed by atoms with E-state index in [-0.39, 0.29) is 24.5 Å². The molecule has 1 aliphatic heterocycles. The summed E-state index contributed by atoms with van der Waals surface area (Å²) in [5.74, 6) is -1.14. The maximum absolute atomic E-state index is 12.7. The lowest BCUT2D eigenvalue weighted by Crippen LogP contribution is -2.48. The Morgan fingerprint density at radius 1 is 1.12 bits per heavy atom. The fraction of sp³-hybridized carbons (Fsp3) is 0.500. The molecule has 33 heavy (non-hydrogen) atoms. The number of aromatic nitrogens is 1. The minimum atomic E-state index is -0.959. The van der Waals surface area contributed by atoms with E-state index in [9.17, 15) is 14.7 Å². The average Bonchev–Trinajstić information content (AvgIpc) is 2.79. The number of nitrogens with zero attached hydrogens (tertiary/aromatic N) is 2. The Labute approximate surface area is 195 Å². The van der Waals surface area contributed by atoms with Crippen molar-refractivity contribution in [3.63, 3.8) is 0 Å². The molecule has 0 spiro atoms. The molecule has 1 unspecified atom stereocenters. The van der Waals surface area contributed by atoms with E-state index in [1.54, 1.807) is 4.90 Å². The lowest BCUT2D eigenvalue weighted by molar-refractivity contribution is -0.150. The number of amides is 1. The molecular weight excluding hydrogens is 420 g/mol. The number of carboxylic acid groups (broad SMARTS) is 1. The summed E-state index contributed by atoms with van der Waals surface area (Å²) in [6.07, 6.45) is 3.78. The van der Waals surface area contributed by atoms with Crippen molar-refractivity contribution in [2.75, 3.05) is 19.7 Å². The van der Waals surface area contributed by atoms with Crippen LogP contribution in [0.1, 0.15) is 44.0 Å². The number of rotatable bonds is 10. The summed E-state index contributed by atoms with van der Waals surface area (Å²) < 4.78 is 11.5. The van der Waals surface area contributed by atoms with E-state index >= 15 is 0 Å². The van der Waals surface area contributed by atoms with Gasteiger partial charge in [-0.3, -0.25) is 14.6 Å². The minimum Gasteiger partial charge on any atom is -0.493 e. The molecule has 0 radical (unpaired) electrons. The zero-order valence-electron chi connectivity index (χ0n) is 19.7. The highest BCUT2D eigenvalue weighted by Crippen LogP contribution is 2.20. The molecule has 178 valence electrons. The molecular formula is C26H34N2O5. The quantitative estimate of drug-likeness (QED) is 0.591. The highest BCUT2D eigenvalue weighted by atomic mass is 16.5. The molecule has 1 fully saturated rings. The lowest BCUT2D eigenvalue weighted by Gasteiger charge is -2.35. The van der Waals surface area contributed by atoms with Crippen LogP contribution in [-0.4, -0.2) is 58.8 Å². The van der Waals surface area contributed by atoms with Gasteiger partial charge in [-0.15, -0.1) is 0 Å². The first kappa shape index (κ1) is 24.7. The number of morpholine rings is 1. The molecule has 1 N–H and O–H groups in total. The maximum Gasteiger partial charge on any atom is 0.307 e. The van der Waals surface area contributed by atoms with Gasteiger partial charge >= 0.3 is 5.97 Å². The highest BCUT2D eigenvalue weighted by Gasteiger charge is 2.29. The standard InChI is InChI=1S/C26H34N2O5/c1-4-20-5-8-23(27-15-20)11-12-32-24-9-6-21(7-10-24)13-22(26(30)31)14-25(29)28-16-18(2)33-19(3)17-28/h5-10,15,18-19,22H,4,11-14,16-17H2,1-3H3,(H,30,31)/t18-,19+,22?. The predicted molar refractivity (Wildman–Crippen MR) is 125 cm³/mol. The summed E-state index contributed by atoms with van der Waals surface area (Å²) in [6.45, 7) is 7.46. The van der Waals surface area contributed by atoms with Gasteiger partial charge in [0, 0.05) is 37.8 Å². The Balaban J connectivity index is 1.49. The SMILES string of the molecule is CCc1ccc(CCOc2ccc(CC(CC(=O)N3C[C@@H](C)O[C@@H](C)C3)C(=O)O)cc2)nc1. The van der Waals surface area contributed by atoms with Gasteiger partial charge in [0.15, 0.2) is 0 Å². The van der Waals surface area contributed by atoms with Crippen LogP contribution < -0.4 is 4.74 Å². The molecule has 1 saturated heterocycles. The van der Waals surface area contributed by atoms with Crippen LogP contribution in [0.15, 0.2) is 42.6 Å². The van der Waals surface area contributed by atoms with Crippen LogP contribution in [0, 0.1) is 5.92 Å². The fourth-order valence-corrected chi connectivity index (χ4v) is 4.06. The maximum atomic E-state index is 12.7. The summed E-state index contributed by atoms with van der Waals surface area (Å²) >= 11 is 0. The van der Waals surface area contributed by atoms with E-state index < -0.39 is 11.9 Å². The number of aryl methyl sites for hydroxylation is 1. The molecule has 2 heterocycles. The van der Waals surface area contributed by atoms with Crippen LogP contribution in [0.5, 0.6) is 5.75 Å². The zero-order valence-corrected chi connectivity index (χ0v) is 19.7. The number of aliphatic carboxylic acids is 1. The average molecular weight is 455 g/mol. The monoisotopic (exact) mass is 454 g/mol. The number of hydrogen-bond donors (Lipinski definition) is 1. The first-order valence-corrected chi connectivity index (χ1v) is 11.7. The van der Waals surface area contributed by atoms with Crippen molar-refractivity contribution in [1.82, 2.24) is 9.88 Å². The van der Waals surface area contributed by atoms with Gasteiger partial charge in [0.2, 0.25) is 5.91 Å². The number of carbonyl (C=O) groups excluding carboxylic acids is 1. The van der Waals surface area contributed by atoms with Crippen LogP contribution in [0.2, 0.25) is 0 Å². The molecule has 1 aromatic heterocycles. The van der Waals surface area contributed by atoms with E-state index in [4.69, 9.17) is 9.47 Å². The van der Waals surface area contributed by atoms with Crippen molar-refractivity contribution in [3.8, 4) is 5.75 Å². The Hall–Kier alpha value is -2.93. The van der Waals surface area contributed by atoms with Crippen LogP contribution in [-0.2, 0) is 33.6 Å². The summed E-state index contributed by atoms with van der Waals surface area (Å²) in [7, 11) is 0. The molecule has 7 heteroatoms. The number of ether oxygens (including phenoxy) is 2. The van der Waals surface area contributed by atoms with Crippen LogP contribution in [0.25, 0.3) is 0 Å². The normalized spacial score (nSPS) is 19.2. The van der Waals surface area contributed by atoms with Crippen LogP contribution in [0.3, 0.4) is 0 Å². The second kappa shape index (κ2) is 11.8. The van der Waals surface area contributed by atoms with Crippen molar-refractivity contribution in [3.05, 3.63) is 59.4 Å². The molecule has 3 atom stereocenters. The Bertz CT molecular complexity index is 903. The lowest BCUT2D eigenvalue weighted by atomic mass is 9.95. The highest BCUT2D eigenvalue weighted by molar-refractivity contribution is 5.82. The smallest absolute Gasteiger partial charge is 0.307 e. The van der Waals surface area contributed by atoms with Gasteiger partial charge in [0.05, 0.1) is 24.7 Å². The van der Waals surface area contributed by atoms with Crippen molar-refractivity contribution >= 4 is 11.9 Å². The molecule has 1 amide bonds. The topological polar surface area (TPSA) is 89.0 Å². The third-order valence-electron chi connectivity index (χ3n) is 5.87. The molecule has 0 saturated carbocycles. The van der Waals surface area contributed by atoms with E-state index in [1.165, 1.54) is 5.56 Å². The van der Waals surface area contributed by atoms with Crippen LogP contribution in [0.4, 0.5) is 0 Å². The van der Waals surface area contributed by atoms with Gasteiger partial charge in [0.25, 0.3) is 0 Å². The molecule has 0 aliphatic carbocycles. The van der Waals surface area contributed by atoms with E-state index in [1.807, 2.05) is 50.4 Å². The van der Waals surface area contributed by atoms with Gasteiger partial charge in [-0.1, -0.05) is 25.1 Å². The van der Waals surface area contributed by atoms with Gasteiger partial charge in [0.1, 0.15) is 5.75 Å². The van der Waals surface area contributed by atoms with Gasteiger partial charge in [-0.05, 0) is 56.0 Å². The summed E-state index contributed by atoms with van der Waals surface area (Å²) in [6, 6.07) is 11.5. The fourth-order valence-electron chi connectivity index (χ4n) is 4.06. The number of carboxylic acids is 1. The number of hydrogen-bond acceptors (Lipinski definition) is 5. The third-order valence-corrected chi connectivity index (χ3v) is 5.87. The van der Waals surface area contributed by atoms with Gasteiger partial charge in [-0.25, -0.2) is 0 Å². The molecule has 1 aromatic carbocycles. The largest absolute Gasteiger partial charge is 0.493 e. The first-order valence-electron chi connectivity index (χ1n) is 11.7. The number of benzene rings is 1. The minimum absolute atomic E-state index is 0.0170. The summed E-state index contributed by atoms with van der Waals surface area (Å²) in [4.78, 5) is 30.7. The van der Waals surface area contributed by atoms with Crippen LogP contribution >= 0.6 is 0 Å². The second-order valence-corrected chi connectivity index (χ2v) is 8.75. The van der Waals surface area contributed by atoms with E-state index in [2.05, 4.69) is 18.0 Å². The Morgan fingerprint density at radius 3 is 2.36 bits per heavy atom. The molecule has 3 rings (SSSR count). The van der Waals surface area contributed by atoms with Crippen molar-refractivity contribution in [1.29, 1.82) is 0 Å². The third kappa shape index (κ3) is 7.56. The summed E-state index contributed by atoms with van der Waals surface area (Å²) in [5.41, 5.74) is 3.07. The second-order valence-electron chi connectivity index (χ2n) is 8.75. The Kier molecular flexibility index (Phi) is 8.83. The van der Waals surface area contributed by atoms with E-state index in [0.717, 1.165) is 23.4 Å². The van der Waals surface area contributed by atoms with Gasteiger partial charge < -0.3 is 19.5 Å². The molecule has 1 aliphatic rings. The number of pyridine rings is 1. The van der Waals surface area contributed by atoms with Crippen molar-refractivity contribution < 1.29 is 24.2 Å². The van der Waals surface area contributed by atoms with Crippen molar-refractivity contribution in [2.24, 2.45) is 5.92 Å². The molecule has 2 aromatic rings. The van der Waals surface area contributed by atoms with E-state index in [0.29, 0.717) is 32.5 Å². The Morgan fingerprint density at radius 2 is 1.79 bits per heavy atom. The first-order chi connectivity index (χ1) is 15.8. The molecule has 0 bridgehead atoms. The summed E-state index contributed by atoms with van der Waals surface area (Å²) in [5, 5.41) is 9.67.